The number of anilines is 1. The number of aryl methyl sites for hydroxylation is 1. The van der Waals surface area contributed by atoms with E-state index in [4.69, 9.17) is 18.9 Å². The van der Waals surface area contributed by atoms with Crippen LogP contribution in [0.4, 0.5) is 5.69 Å². The summed E-state index contributed by atoms with van der Waals surface area (Å²) in [4.78, 5) is 0. The quantitative estimate of drug-likeness (QED) is 0.850. The van der Waals surface area contributed by atoms with Crippen LogP contribution in [0.2, 0.25) is 0 Å². The Morgan fingerprint density at radius 1 is 1.00 bits per heavy atom. The van der Waals surface area contributed by atoms with Gasteiger partial charge in [-0.1, -0.05) is 17.7 Å². The molecule has 1 saturated heterocycles. The molecule has 0 radical (unpaired) electrons. The molecule has 2 aliphatic rings. The van der Waals surface area contributed by atoms with Crippen LogP contribution >= 0.6 is 0 Å². The van der Waals surface area contributed by atoms with Crippen LogP contribution < -0.4 is 19.5 Å². The summed E-state index contributed by atoms with van der Waals surface area (Å²) in [7, 11) is 4.93. The van der Waals surface area contributed by atoms with E-state index in [0.29, 0.717) is 23.2 Å². The van der Waals surface area contributed by atoms with Crippen molar-refractivity contribution >= 4 is 5.69 Å². The van der Waals surface area contributed by atoms with Crippen LogP contribution in [-0.4, -0.2) is 27.9 Å². The van der Waals surface area contributed by atoms with Gasteiger partial charge in [0, 0.05) is 23.8 Å². The van der Waals surface area contributed by atoms with Crippen molar-refractivity contribution < 1.29 is 18.9 Å². The second kappa shape index (κ2) is 7.31. The summed E-state index contributed by atoms with van der Waals surface area (Å²) >= 11 is 0. The van der Waals surface area contributed by atoms with E-state index in [9.17, 15) is 0 Å². The van der Waals surface area contributed by atoms with Crippen molar-refractivity contribution in [2.24, 2.45) is 5.92 Å². The summed E-state index contributed by atoms with van der Waals surface area (Å²) in [5.74, 6) is 2.33. The first-order valence-corrected chi connectivity index (χ1v) is 9.45. The van der Waals surface area contributed by atoms with E-state index in [-0.39, 0.29) is 12.1 Å². The summed E-state index contributed by atoms with van der Waals surface area (Å²) in [6.45, 7) is 2.94. The zero-order chi connectivity index (χ0) is 19.0. The van der Waals surface area contributed by atoms with Crippen molar-refractivity contribution in [3.8, 4) is 17.2 Å². The molecule has 1 N–H and O–H groups in total. The Morgan fingerprint density at radius 2 is 1.74 bits per heavy atom. The molecule has 0 saturated carbocycles. The highest BCUT2D eigenvalue weighted by atomic mass is 16.5. The Labute approximate surface area is 160 Å². The lowest BCUT2D eigenvalue weighted by Gasteiger charge is -2.43. The summed E-state index contributed by atoms with van der Waals surface area (Å²) in [6.07, 6.45) is 2.30. The van der Waals surface area contributed by atoms with Gasteiger partial charge in [0.05, 0.1) is 33.5 Å². The third kappa shape index (κ3) is 3.10. The number of methoxy groups -OCH3 is 3. The lowest BCUT2D eigenvalue weighted by Crippen LogP contribution is -2.36. The fourth-order valence-corrected chi connectivity index (χ4v) is 4.40. The van der Waals surface area contributed by atoms with Gasteiger partial charge in [-0.15, -0.1) is 0 Å². The Bertz CT molecular complexity index is 810. The molecule has 2 aliphatic heterocycles. The fourth-order valence-electron chi connectivity index (χ4n) is 4.40. The van der Waals surface area contributed by atoms with Crippen molar-refractivity contribution in [1.29, 1.82) is 0 Å². The van der Waals surface area contributed by atoms with Crippen molar-refractivity contribution in [3.05, 3.63) is 47.0 Å². The molecule has 144 valence electrons. The Morgan fingerprint density at radius 3 is 2.41 bits per heavy atom. The smallest absolute Gasteiger partial charge is 0.203 e. The van der Waals surface area contributed by atoms with Gasteiger partial charge in [-0.3, -0.25) is 0 Å². The normalized spacial score (nSPS) is 23.6. The molecule has 27 heavy (non-hydrogen) atoms. The van der Waals surface area contributed by atoms with Crippen LogP contribution in [0.5, 0.6) is 17.2 Å². The number of rotatable bonds is 4. The van der Waals surface area contributed by atoms with Gasteiger partial charge in [0.15, 0.2) is 11.5 Å². The van der Waals surface area contributed by atoms with Crippen LogP contribution in [0.25, 0.3) is 0 Å². The van der Waals surface area contributed by atoms with Gasteiger partial charge in [-0.25, -0.2) is 0 Å². The first-order chi connectivity index (χ1) is 13.2. The third-order valence-electron chi connectivity index (χ3n) is 5.67. The van der Waals surface area contributed by atoms with E-state index < -0.39 is 0 Å². The largest absolute Gasteiger partial charge is 0.493 e. The van der Waals surface area contributed by atoms with Gasteiger partial charge in [0.2, 0.25) is 5.75 Å². The number of ether oxygens (including phenoxy) is 4. The molecule has 5 heteroatoms. The monoisotopic (exact) mass is 369 g/mol. The molecule has 3 atom stereocenters. The summed E-state index contributed by atoms with van der Waals surface area (Å²) in [5, 5.41) is 3.75. The van der Waals surface area contributed by atoms with E-state index in [0.717, 1.165) is 30.7 Å². The molecular weight excluding hydrogens is 342 g/mol. The van der Waals surface area contributed by atoms with Crippen LogP contribution in [-0.2, 0) is 4.74 Å². The van der Waals surface area contributed by atoms with Crippen LogP contribution in [0, 0.1) is 12.8 Å². The maximum atomic E-state index is 6.25. The molecule has 0 aliphatic carbocycles. The molecule has 0 amide bonds. The molecule has 0 aromatic heterocycles. The molecule has 2 aromatic rings. The topological polar surface area (TPSA) is 49.0 Å². The SMILES string of the molecule is COc1cc([C@H]2Nc3ccc(C)cc3[C@H]3OCCC[C@@H]23)cc(OC)c1OC. The number of hydrogen-bond acceptors (Lipinski definition) is 5. The highest BCUT2D eigenvalue weighted by Gasteiger charge is 2.40. The molecule has 2 aromatic carbocycles. The lowest BCUT2D eigenvalue weighted by atomic mass is 9.77. The van der Waals surface area contributed by atoms with Gasteiger partial charge in [0.25, 0.3) is 0 Å². The standard InChI is InChI=1S/C22H27NO4/c1-13-7-8-17-16(10-13)21-15(6-5-9-27-21)20(23-17)14-11-18(24-2)22(26-4)19(12-14)25-3/h7-8,10-12,15,20-21,23H,5-6,9H2,1-4H3/t15-,20+,21-/m0/s1. The molecule has 0 bridgehead atoms. The van der Waals surface area contributed by atoms with Crippen molar-refractivity contribution in [2.75, 3.05) is 33.3 Å². The first kappa shape index (κ1) is 18.0. The average Bonchev–Trinajstić information content (AvgIpc) is 2.72. The highest BCUT2D eigenvalue weighted by molar-refractivity contribution is 5.60. The number of nitrogens with one attached hydrogen (secondary N) is 1. The van der Waals surface area contributed by atoms with Crippen LogP contribution in [0.1, 0.15) is 41.7 Å². The average molecular weight is 369 g/mol. The van der Waals surface area contributed by atoms with Gasteiger partial charge in [-0.2, -0.15) is 0 Å². The number of fused-ring (bicyclic) bond motifs is 3. The van der Waals surface area contributed by atoms with Crippen molar-refractivity contribution in [2.45, 2.75) is 31.9 Å². The van der Waals surface area contributed by atoms with Gasteiger partial charge in [0.1, 0.15) is 0 Å². The second-order valence-corrected chi connectivity index (χ2v) is 7.27. The van der Waals surface area contributed by atoms with Gasteiger partial charge in [-0.05, 0) is 43.5 Å². The molecule has 0 spiro atoms. The number of hydrogen-bond donors (Lipinski definition) is 1. The molecule has 4 rings (SSSR count). The Kier molecular flexibility index (Phi) is 4.87. The highest BCUT2D eigenvalue weighted by Crippen LogP contribution is 2.51. The molecule has 2 heterocycles. The second-order valence-electron chi connectivity index (χ2n) is 7.27. The Hall–Kier alpha value is -2.40. The van der Waals surface area contributed by atoms with E-state index in [1.165, 1.54) is 11.1 Å². The zero-order valence-electron chi connectivity index (χ0n) is 16.4. The predicted molar refractivity (Wildman–Crippen MR) is 105 cm³/mol. The third-order valence-corrected chi connectivity index (χ3v) is 5.67. The van der Waals surface area contributed by atoms with E-state index in [2.05, 4.69) is 30.4 Å². The van der Waals surface area contributed by atoms with E-state index in [1.807, 2.05) is 12.1 Å². The summed E-state index contributed by atoms with van der Waals surface area (Å²) in [5.41, 5.74) is 4.79. The number of benzene rings is 2. The minimum absolute atomic E-state index is 0.110. The predicted octanol–water partition coefficient (Wildman–Crippen LogP) is 4.66. The molecule has 1 fully saturated rings. The lowest BCUT2D eigenvalue weighted by molar-refractivity contribution is -0.0382. The minimum Gasteiger partial charge on any atom is -0.493 e. The van der Waals surface area contributed by atoms with Gasteiger partial charge < -0.3 is 24.3 Å². The first-order valence-electron chi connectivity index (χ1n) is 9.45. The van der Waals surface area contributed by atoms with Gasteiger partial charge >= 0.3 is 0 Å². The fraction of sp³-hybridized carbons (Fsp3) is 0.455. The van der Waals surface area contributed by atoms with Crippen molar-refractivity contribution in [1.82, 2.24) is 0 Å². The van der Waals surface area contributed by atoms with E-state index >= 15 is 0 Å². The van der Waals surface area contributed by atoms with E-state index in [1.54, 1.807) is 21.3 Å². The van der Waals surface area contributed by atoms with Crippen LogP contribution in [0.3, 0.4) is 0 Å². The Balaban J connectivity index is 1.80. The molecule has 5 nitrogen and oxygen atoms in total. The molecular formula is C22H27NO4. The molecule has 0 unspecified atom stereocenters. The summed E-state index contributed by atoms with van der Waals surface area (Å²) in [6, 6.07) is 10.8. The zero-order valence-corrected chi connectivity index (χ0v) is 16.4. The maximum Gasteiger partial charge on any atom is 0.203 e. The van der Waals surface area contributed by atoms with Crippen molar-refractivity contribution in [3.63, 3.8) is 0 Å². The summed E-state index contributed by atoms with van der Waals surface area (Å²) < 4.78 is 22.9. The maximum absolute atomic E-state index is 6.25. The minimum atomic E-state index is 0.110. The van der Waals surface area contributed by atoms with Crippen LogP contribution in [0.15, 0.2) is 30.3 Å².